The highest BCUT2D eigenvalue weighted by atomic mass is 16.4. The van der Waals surface area contributed by atoms with Crippen molar-refractivity contribution in [1.29, 1.82) is 0 Å². The Morgan fingerprint density at radius 1 is 1.32 bits per heavy atom. The van der Waals surface area contributed by atoms with Crippen LogP contribution in [0.15, 0.2) is 36.4 Å². The molecule has 0 saturated carbocycles. The van der Waals surface area contributed by atoms with Crippen LogP contribution in [0.4, 0.5) is 0 Å². The largest absolute Gasteiger partial charge is 0.478 e. The van der Waals surface area contributed by atoms with Crippen molar-refractivity contribution in [2.75, 3.05) is 0 Å². The normalized spacial score (nSPS) is 11.6. The summed E-state index contributed by atoms with van der Waals surface area (Å²) in [5, 5.41) is 10.8. The Bertz CT molecular complexity index is 815. The van der Waals surface area contributed by atoms with Crippen molar-refractivity contribution >= 4 is 33.9 Å². The summed E-state index contributed by atoms with van der Waals surface area (Å²) in [5.74, 6) is -0.974. The number of aromatic amines is 1. The predicted octanol–water partition coefficient (Wildman–Crippen LogP) is 3.12. The summed E-state index contributed by atoms with van der Waals surface area (Å²) in [4.78, 5) is 18.3. The number of carboxylic acids is 1. The van der Waals surface area contributed by atoms with E-state index in [2.05, 4.69) is 9.97 Å². The number of hydrogen-bond donors (Lipinski definition) is 2. The zero-order chi connectivity index (χ0) is 13.4. The second kappa shape index (κ2) is 4.24. The van der Waals surface area contributed by atoms with Gasteiger partial charge in [-0.25, -0.2) is 4.79 Å². The standard InChI is InChI=1S/C15H12N2O2/c1-9-15-12(8-10(16-9)6-7-14(18)19)11-4-2-3-5-13(11)17-15/h2-8,17H,1H3,(H,18,19)/b7-6+. The quantitative estimate of drug-likeness (QED) is 0.688. The van der Waals surface area contributed by atoms with Crippen LogP contribution in [-0.4, -0.2) is 21.0 Å². The van der Waals surface area contributed by atoms with Gasteiger partial charge in [-0.3, -0.25) is 4.98 Å². The van der Waals surface area contributed by atoms with Gasteiger partial charge < -0.3 is 10.1 Å². The number of nitrogens with zero attached hydrogens (tertiary/aromatic N) is 1. The van der Waals surface area contributed by atoms with E-state index < -0.39 is 5.97 Å². The lowest BCUT2D eigenvalue weighted by Crippen LogP contribution is -1.90. The summed E-state index contributed by atoms with van der Waals surface area (Å²) in [6, 6.07) is 9.92. The topological polar surface area (TPSA) is 66.0 Å². The Morgan fingerprint density at radius 2 is 2.11 bits per heavy atom. The molecule has 4 heteroatoms. The molecular weight excluding hydrogens is 240 g/mol. The fourth-order valence-electron chi connectivity index (χ4n) is 2.27. The predicted molar refractivity (Wildman–Crippen MR) is 75.0 cm³/mol. The van der Waals surface area contributed by atoms with Crippen molar-refractivity contribution in [3.63, 3.8) is 0 Å². The molecule has 0 saturated heterocycles. The summed E-state index contributed by atoms with van der Waals surface area (Å²) < 4.78 is 0. The molecule has 2 N–H and O–H groups in total. The van der Waals surface area contributed by atoms with Gasteiger partial charge in [-0.2, -0.15) is 0 Å². The van der Waals surface area contributed by atoms with Gasteiger partial charge in [0.05, 0.1) is 16.9 Å². The first-order valence-electron chi connectivity index (χ1n) is 5.94. The molecule has 0 radical (unpaired) electrons. The number of nitrogens with one attached hydrogen (secondary N) is 1. The Hall–Kier alpha value is -2.62. The molecule has 1 aromatic carbocycles. The molecule has 0 aliphatic rings. The molecule has 0 amide bonds. The second-order valence-electron chi connectivity index (χ2n) is 4.40. The summed E-state index contributed by atoms with van der Waals surface area (Å²) >= 11 is 0. The van der Waals surface area contributed by atoms with Gasteiger partial charge >= 0.3 is 5.97 Å². The number of aliphatic carboxylic acids is 1. The highest BCUT2D eigenvalue weighted by Crippen LogP contribution is 2.27. The van der Waals surface area contributed by atoms with Crippen molar-refractivity contribution < 1.29 is 9.90 Å². The molecule has 0 bridgehead atoms. The van der Waals surface area contributed by atoms with Crippen molar-refractivity contribution in [3.8, 4) is 0 Å². The van der Waals surface area contributed by atoms with E-state index in [4.69, 9.17) is 5.11 Å². The first kappa shape index (κ1) is 11.5. The van der Waals surface area contributed by atoms with Gasteiger partial charge in [0, 0.05) is 22.4 Å². The van der Waals surface area contributed by atoms with E-state index in [-0.39, 0.29) is 0 Å². The summed E-state index contributed by atoms with van der Waals surface area (Å²) in [6.07, 6.45) is 2.61. The fourth-order valence-corrected chi connectivity index (χ4v) is 2.27. The number of aryl methyl sites for hydroxylation is 1. The smallest absolute Gasteiger partial charge is 0.328 e. The number of fused-ring (bicyclic) bond motifs is 3. The number of H-pyrrole nitrogens is 1. The van der Waals surface area contributed by atoms with Crippen molar-refractivity contribution in [3.05, 3.63) is 47.8 Å². The number of pyridine rings is 1. The highest BCUT2D eigenvalue weighted by Gasteiger charge is 2.07. The number of hydrogen-bond acceptors (Lipinski definition) is 2. The highest BCUT2D eigenvalue weighted by molar-refractivity contribution is 6.08. The molecule has 0 spiro atoms. The van der Waals surface area contributed by atoms with Crippen molar-refractivity contribution in [2.24, 2.45) is 0 Å². The van der Waals surface area contributed by atoms with Crippen LogP contribution in [0.5, 0.6) is 0 Å². The number of carboxylic acid groups (broad SMARTS) is 1. The Labute approximate surface area is 109 Å². The van der Waals surface area contributed by atoms with Crippen molar-refractivity contribution in [1.82, 2.24) is 9.97 Å². The van der Waals surface area contributed by atoms with Gasteiger partial charge in [-0.1, -0.05) is 18.2 Å². The Kier molecular flexibility index (Phi) is 2.56. The van der Waals surface area contributed by atoms with E-state index in [0.717, 1.165) is 33.6 Å². The van der Waals surface area contributed by atoms with Gasteiger partial charge in [-0.15, -0.1) is 0 Å². The third-order valence-corrected chi connectivity index (χ3v) is 3.09. The van der Waals surface area contributed by atoms with Gasteiger partial charge in [0.1, 0.15) is 0 Å². The van der Waals surface area contributed by atoms with Crippen LogP contribution in [0.2, 0.25) is 0 Å². The fraction of sp³-hybridized carbons (Fsp3) is 0.0667. The zero-order valence-corrected chi connectivity index (χ0v) is 10.3. The van der Waals surface area contributed by atoms with Gasteiger partial charge in [0.25, 0.3) is 0 Å². The van der Waals surface area contributed by atoms with Crippen LogP contribution >= 0.6 is 0 Å². The number of para-hydroxylation sites is 1. The van der Waals surface area contributed by atoms with Gasteiger partial charge in [-0.05, 0) is 25.1 Å². The molecule has 2 aromatic heterocycles. The average molecular weight is 252 g/mol. The van der Waals surface area contributed by atoms with Gasteiger partial charge in [0.15, 0.2) is 0 Å². The maximum atomic E-state index is 10.6. The van der Waals surface area contributed by atoms with E-state index in [1.165, 1.54) is 6.08 Å². The lowest BCUT2D eigenvalue weighted by Gasteiger charge is -1.99. The first-order chi connectivity index (χ1) is 9.15. The molecule has 4 nitrogen and oxygen atoms in total. The molecule has 0 unspecified atom stereocenters. The van der Waals surface area contributed by atoms with E-state index >= 15 is 0 Å². The molecular formula is C15H12N2O2. The van der Waals surface area contributed by atoms with Crippen LogP contribution in [0.1, 0.15) is 11.4 Å². The summed E-state index contributed by atoms with van der Waals surface area (Å²) in [5.41, 5.74) is 3.56. The zero-order valence-electron chi connectivity index (χ0n) is 10.3. The molecule has 0 atom stereocenters. The second-order valence-corrected chi connectivity index (χ2v) is 4.40. The monoisotopic (exact) mass is 252 g/mol. The first-order valence-corrected chi connectivity index (χ1v) is 5.94. The SMILES string of the molecule is Cc1nc(/C=C/C(=O)O)cc2c1[nH]c1ccccc12. The van der Waals surface area contributed by atoms with E-state index in [1.54, 1.807) is 0 Å². The van der Waals surface area contributed by atoms with Crippen molar-refractivity contribution in [2.45, 2.75) is 6.92 Å². The minimum absolute atomic E-state index is 0.650. The molecule has 2 heterocycles. The molecule has 0 aliphatic carbocycles. The third-order valence-electron chi connectivity index (χ3n) is 3.09. The lowest BCUT2D eigenvalue weighted by atomic mass is 10.1. The minimum Gasteiger partial charge on any atom is -0.478 e. The van der Waals surface area contributed by atoms with Crippen LogP contribution in [-0.2, 0) is 4.79 Å². The summed E-state index contributed by atoms with van der Waals surface area (Å²) in [7, 11) is 0. The van der Waals surface area contributed by atoms with E-state index in [1.807, 2.05) is 37.3 Å². The number of benzene rings is 1. The minimum atomic E-state index is -0.974. The number of carbonyl (C=O) groups is 1. The van der Waals surface area contributed by atoms with Gasteiger partial charge in [0.2, 0.25) is 0 Å². The van der Waals surface area contributed by atoms with Crippen LogP contribution in [0.3, 0.4) is 0 Å². The number of rotatable bonds is 2. The molecule has 3 rings (SSSR count). The Morgan fingerprint density at radius 3 is 2.89 bits per heavy atom. The molecule has 0 fully saturated rings. The van der Waals surface area contributed by atoms with E-state index in [9.17, 15) is 4.79 Å². The lowest BCUT2D eigenvalue weighted by molar-refractivity contribution is -0.131. The molecule has 3 aromatic rings. The Balaban J connectivity index is 2.29. The van der Waals surface area contributed by atoms with Crippen LogP contribution < -0.4 is 0 Å². The molecule has 19 heavy (non-hydrogen) atoms. The number of aromatic nitrogens is 2. The maximum absolute atomic E-state index is 10.6. The van der Waals surface area contributed by atoms with E-state index in [0.29, 0.717) is 5.69 Å². The average Bonchev–Trinajstić information content (AvgIpc) is 2.76. The summed E-state index contributed by atoms with van der Waals surface area (Å²) in [6.45, 7) is 1.91. The molecule has 94 valence electrons. The van der Waals surface area contributed by atoms with Crippen LogP contribution in [0.25, 0.3) is 27.9 Å². The maximum Gasteiger partial charge on any atom is 0.328 e. The molecule has 0 aliphatic heterocycles. The third kappa shape index (κ3) is 1.97. The van der Waals surface area contributed by atoms with Crippen LogP contribution in [0, 0.1) is 6.92 Å².